The lowest BCUT2D eigenvalue weighted by Crippen LogP contribution is -2.59. The molecular formula is C37H56N2O7. The van der Waals surface area contributed by atoms with Gasteiger partial charge in [-0.25, -0.2) is 0 Å². The number of hydrogen-bond acceptors (Lipinski definition) is 7. The van der Waals surface area contributed by atoms with E-state index in [4.69, 9.17) is 14.2 Å². The number of hydrogen-bond donors (Lipinski definition) is 1. The topological polar surface area (TPSA) is 117 Å². The Morgan fingerprint density at radius 2 is 1.80 bits per heavy atom. The average Bonchev–Trinajstić information content (AvgIpc) is 3.39. The van der Waals surface area contributed by atoms with Crippen LogP contribution < -0.4 is 5.32 Å². The third kappa shape index (κ3) is 6.60. The van der Waals surface area contributed by atoms with Gasteiger partial charge in [0.25, 0.3) is 11.6 Å². The normalized spacial score (nSPS) is 35.7. The molecule has 46 heavy (non-hydrogen) atoms. The van der Waals surface area contributed by atoms with Gasteiger partial charge in [0.2, 0.25) is 0 Å². The van der Waals surface area contributed by atoms with Crippen molar-refractivity contribution in [2.75, 3.05) is 20.3 Å². The highest BCUT2D eigenvalue weighted by molar-refractivity contribution is 5.94. The van der Waals surface area contributed by atoms with Crippen LogP contribution in [0.25, 0.3) is 0 Å². The number of fused-ring (bicyclic) bond motifs is 5. The number of carbonyl (C=O) groups is 2. The maximum Gasteiger partial charge on any atom is 0.306 e. The summed E-state index contributed by atoms with van der Waals surface area (Å²) in [5.74, 6) is 2.79. The summed E-state index contributed by atoms with van der Waals surface area (Å²) in [7, 11) is 1.92. The predicted octanol–water partition coefficient (Wildman–Crippen LogP) is 7.49. The first-order valence-electron chi connectivity index (χ1n) is 17.8. The molecule has 4 saturated carbocycles. The summed E-state index contributed by atoms with van der Waals surface area (Å²) in [5.41, 5.74) is 0.872. The van der Waals surface area contributed by atoms with Crippen LogP contribution in [0.15, 0.2) is 18.2 Å². The van der Waals surface area contributed by atoms with Crippen molar-refractivity contribution >= 4 is 17.6 Å². The molecule has 4 aliphatic carbocycles. The summed E-state index contributed by atoms with van der Waals surface area (Å²) < 4.78 is 18.0. The zero-order valence-electron chi connectivity index (χ0n) is 28.8. The first kappa shape index (κ1) is 34.8. The van der Waals surface area contributed by atoms with Gasteiger partial charge < -0.3 is 19.5 Å². The third-order valence-electron chi connectivity index (χ3n) is 13.2. The SMILES string of the molecule is CCNC(=O)c1ccc(COC(=O)CC[C@H](C)C2CCC3C4C(OC)C[C@@H]5C[C@H](OCC)CC[C@]5(C)C4CC[C@@]32C)c([N+](=O)[O-])c1. The van der Waals surface area contributed by atoms with Gasteiger partial charge in [-0.2, -0.15) is 0 Å². The van der Waals surface area contributed by atoms with Crippen molar-refractivity contribution < 1.29 is 28.7 Å². The van der Waals surface area contributed by atoms with Crippen LogP contribution in [0.2, 0.25) is 0 Å². The third-order valence-corrected chi connectivity index (χ3v) is 13.2. The molecule has 9 heteroatoms. The molecule has 5 unspecified atom stereocenters. The van der Waals surface area contributed by atoms with E-state index in [1.54, 1.807) is 6.92 Å². The van der Waals surface area contributed by atoms with E-state index in [9.17, 15) is 19.7 Å². The molecule has 4 fully saturated rings. The minimum Gasteiger partial charge on any atom is -0.461 e. The Morgan fingerprint density at radius 3 is 2.50 bits per heavy atom. The van der Waals surface area contributed by atoms with Crippen LogP contribution in [0.1, 0.15) is 115 Å². The number of amides is 1. The number of nitro benzene ring substituents is 1. The highest BCUT2D eigenvalue weighted by atomic mass is 16.6. The first-order chi connectivity index (χ1) is 22.0. The number of rotatable bonds is 12. The molecule has 4 aliphatic rings. The quantitative estimate of drug-likeness (QED) is 0.143. The number of ether oxygens (including phenoxy) is 3. The van der Waals surface area contributed by atoms with Gasteiger partial charge in [-0.05, 0) is 130 Å². The summed E-state index contributed by atoms with van der Waals surface area (Å²) in [6, 6.07) is 4.28. The van der Waals surface area contributed by atoms with Crippen LogP contribution in [0.3, 0.4) is 0 Å². The molecule has 0 saturated heterocycles. The lowest BCUT2D eigenvalue weighted by Gasteiger charge is -2.63. The molecule has 1 N–H and O–H groups in total. The highest BCUT2D eigenvalue weighted by Gasteiger charge is 2.63. The molecule has 10 atom stereocenters. The number of esters is 1. The van der Waals surface area contributed by atoms with Crippen molar-refractivity contribution in [1.29, 1.82) is 0 Å². The fourth-order valence-electron chi connectivity index (χ4n) is 10.8. The van der Waals surface area contributed by atoms with Crippen LogP contribution in [-0.2, 0) is 25.6 Å². The van der Waals surface area contributed by atoms with Gasteiger partial charge in [0.15, 0.2) is 0 Å². The van der Waals surface area contributed by atoms with Crippen molar-refractivity contribution in [3.63, 3.8) is 0 Å². The average molecular weight is 641 g/mol. The van der Waals surface area contributed by atoms with Crippen molar-refractivity contribution in [2.24, 2.45) is 46.3 Å². The van der Waals surface area contributed by atoms with Crippen LogP contribution in [-0.4, -0.2) is 49.3 Å². The van der Waals surface area contributed by atoms with E-state index in [2.05, 4.69) is 33.0 Å². The van der Waals surface area contributed by atoms with Crippen molar-refractivity contribution in [3.8, 4) is 0 Å². The Labute approximate surface area is 275 Å². The Bertz CT molecular complexity index is 1270. The van der Waals surface area contributed by atoms with E-state index in [0.717, 1.165) is 19.4 Å². The zero-order chi connectivity index (χ0) is 33.2. The summed E-state index contributed by atoms with van der Waals surface area (Å²) in [4.78, 5) is 36.1. The lowest BCUT2D eigenvalue weighted by molar-refractivity contribution is -0.385. The van der Waals surface area contributed by atoms with E-state index in [-0.39, 0.29) is 47.1 Å². The molecule has 0 aromatic heterocycles. The summed E-state index contributed by atoms with van der Waals surface area (Å²) >= 11 is 0. The number of nitrogens with zero attached hydrogens (tertiary/aromatic N) is 1. The second-order valence-electron chi connectivity index (χ2n) is 15.2. The molecule has 9 nitrogen and oxygen atoms in total. The minimum atomic E-state index is -0.535. The van der Waals surface area contributed by atoms with E-state index < -0.39 is 4.92 Å². The maximum absolute atomic E-state index is 12.9. The van der Waals surface area contributed by atoms with Crippen LogP contribution in [0.5, 0.6) is 0 Å². The fourth-order valence-corrected chi connectivity index (χ4v) is 10.8. The van der Waals surface area contributed by atoms with Gasteiger partial charge in [-0.3, -0.25) is 19.7 Å². The molecule has 1 aromatic rings. The molecule has 5 rings (SSSR count). The molecule has 256 valence electrons. The Morgan fingerprint density at radius 1 is 1.07 bits per heavy atom. The second kappa shape index (κ2) is 14.3. The van der Waals surface area contributed by atoms with Crippen LogP contribution in [0.4, 0.5) is 5.69 Å². The molecule has 0 spiro atoms. The fraction of sp³-hybridized carbons (Fsp3) is 0.784. The molecule has 0 bridgehead atoms. The number of methoxy groups -OCH3 is 1. The Hall–Kier alpha value is -2.52. The predicted molar refractivity (Wildman–Crippen MR) is 176 cm³/mol. The van der Waals surface area contributed by atoms with E-state index in [1.165, 1.54) is 63.1 Å². The summed E-state index contributed by atoms with van der Waals surface area (Å²) in [6.07, 6.45) is 11.4. The molecule has 0 heterocycles. The highest BCUT2D eigenvalue weighted by Crippen LogP contribution is 2.68. The van der Waals surface area contributed by atoms with E-state index in [0.29, 0.717) is 59.7 Å². The Kier molecular flexibility index (Phi) is 10.8. The van der Waals surface area contributed by atoms with Crippen LogP contribution in [0, 0.1) is 56.5 Å². The van der Waals surface area contributed by atoms with Crippen molar-refractivity contribution in [1.82, 2.24) is 5.32 Å². The van der Waals surface area contributed by atoms with E-state index in [1.807, 2.05) is 7.11 Å². The van der Waals surface area contributed by atoms with Gasteiger partial charge in [0.05, 0.1) is 22.7 Å². The van der Waals surface area contributed by atoms with Crippen molar-refractivity contribution in [2.45, 2.75) is 118 Å². The van der Waals surface area contributed by atoms with Gasteiger partial charge >= 0.3 is 5.97 Å². The largest absolute Gasteiger partial charge is 0.461 e. The molecule has 0 radical (unpaired) electrons. The van der Waals surface area contributed by atoms with Gasteiger partial charge in [0.1, 0.15) is 6.61 Å². The van der Waals surface area contributed by atoms with E-state index >= 15 is 0 Å². The summed E-state index contributed by atoms with van der Waals surface area (Å²) in [5, 5.41) is 14.3. The smallest absolute Gasteiger partial charge is 0.306 e. The number of carbonyl (C=O) groups excluding carboxylic acids is 2. The first-order valence-corrected chi connectivity index (χ1v) is 17.8. The lowest BCUT2D eigenvalue weighted by atomic mass is 9.43. The summed E-state index contributed by atoms with van der Waals surface area (Å²) in [6.45, 7) is 12.3. The Balaban J connectivity index is 1.19. The minimum absolute atomic E-state index is 0.186. The maximum atomic E-state index is 12.9. The number of benzene rings is 1. The monoisotopic (exact) mass is 640 g/mol. The molecule has 1 amide bonds. The molecule has 1 aromatic carbocycles. The van der Waals surface area contributed by atoms with Crippen LogP contribution >= 0.6 is 0 Å². The van der Waals surface area contributed by atoms with Gasteiger partial charge in [-0.15, -0.1) is 0 Å². The number of nitrogens with one attached hydrogen (secondary N) is 1. The van der Waals surface area contributed by atoms with Gasteiger partial charge in [0, 0.05) is 38.3 Å². The standard InChI is InChI=1S/C37H56N2O7/c1-7-38-35(41)24-10-11-25(31(19-24)39(42)43)22-46-33(40)14-9-23(3)28-12-13-29-34-30(16-18-37(28,29)5)36(4)17-15-27(45-8-2)20-26(36)21-32(34)44-6/h10-11,19,23,26-30,32,34H,7-9,12-18,20-22H2,1-6H3,(H,38,41)/t23-,26-,27+,28?,29?,30?,32?,34?,36-,37+/m0/s1. The molecular weight excluding hydrogens is 584 g/mol. The zero-order valence-corrected chi connectivity index (χ0v) is 28.8. The second-order valence-corrected chi connectivity index (χ2v) is 15.2. The van der Waals surface area contributed by atoms with Gasteiger partial charge in [-0.1, -0.05) is 20.8 Å². The molecule has 0 aliphatic heterocycles. The van der Waals surface area contributed by atoms with Crippen molar-refractivity contribution in [3.05, 3.63) is 39.4 Å². The number of nitro groups is 1.